The first-order chi connectivity index (χ1) is 9.81. The molecule has 0 heterocycles. The van der Waals surface area contributed by atoms with Gasteiger partial charge in [0.05, 0.1) is 0 Å². The zero-order valence-corrected chi connectivity index (χ0v) is 19.6. The molecule has 7 heteroatoms. The summed E-state index contributed by atoms with van der Waals surface area (Å²) in [6.45, 7) is 6.05. The van der Waals surface area contributed by atoms with E-state index in [9.17, 15) is 0 Å². The quantitative estimate of drug-likeness (QED) is 0.540. The van der Waals surface area contributed by atoms with Crippen LogP contribution in [0.5, 0.6) is 0 Å². The molecule has 0 aliphatic heterocycles. The summed E-state index contributed by atoms with van der Waals surface area (Å²) in [6, 6.07) is 0. The number of rotatable bonds is 9. The van der Waals surface area contributed by atoms with Crippen LogP contribution in [0.3, 0.4) is 0 Å². The second-order valence-electron chi connectivity index (χ2n) is 5.53. The van der Waals surface area contributed by atoms with E-state index in [1.165, 1.54) is 0 Å². The minimum atomic E-state index is 0. The van der Waals surface area contributed by atoms with Gasteiger partial charge >= 0.3 is 40.8 Å². The van der Waals surface area contributed by atoms with Gasteiger partial charge in [0.2, 0.25) is 0 Å². The fourth-order valence-corrected chi connectivity index (χ4v) is 0.900. The van der Waals surface area contributed by atoms with Crippen molar-refractivity contribution in [3.05, 3.63) is 16.0 Å². The molecule has 0 spiro atoms. The number of likely N-dealkylation sites (N-methyl/N-ethyl adjacent to an activating group) is 6. The summed E-state index contributed by atoms with van der Waals surface area (Å²) in [5, 5.41) is 11.8. The number of hydrogen-bond acceptors (Lipinski definition) is 3. The normalized spacial score (nSPS) is 9.82. The Morgan fingerprint density at radius 3 is 0.727 bits per heavy atom. The van der Waals surface area contributed by atoms with Crippen LogP contribution < -0.4 is 0 Å². The molecular weight excluding hydrogens is 408 g/mol. The van der Waals surface area contributed by atoms with Gasteiger partial charge in [-0.3, -0.25) is 0 Å². The van der Waals surface area contributed by atoms with Crippen LogP contribution >= 0.6 is 0 Å². The fourth-order valence-electron chi connectivity index (χ4n) is 0.900. The Kier molecular flexibility index (Phi) is 37.9. The van der Waals surface area contributed by atoms with Crippen molar-refractivity contribution in [3.8, 4) is 0 Å². The van der Waals surface area contributed by atoms with E-state index in [-0.39, 0.29) is 40.8 Å². The third-order valence-corrected chi connectivity index (χ3v) is 2.31. The Bertz CT molecular complexity index is 140. The summed E-state index contributed by atoms with van der Waals surface area (Å²) < 4.78 is 0. The van der Waals surface area contributed by atoms with Crippen LogP contribution in [-0.4, -0.2) is 117 Å². The Labute approximate surface area is 173 Å². The number of nitrogens with zero attached hydrogens (tertiary/aromatic N) is 6. The zero-order chi connectivity index (χ0) is 17.1. The SMILES string of the molecule is C[N-]CCN(C)C.C[N-]CCN(C)C.C[N-]CCN(C)C.[Nd+3]. The van der Waals surface area contributed by atoms with Crippen molar-refractivity contribution in [3.63, 3.8) is 0 Å². The maximum absolute atomic E-state index is 3.93. The smallest absolute Gasteiger partial charge is 0.664 e. The van der Waals surface area contributed by atoms with Gasteiger partial charge in [-0.05, 0) is 61.9 Å². The van der Waals surface area contributed by atoms with Crippen LogP contribution in [0, 0.1) is 40.8 Å². The van der Waals surface area contributed by atoms with Crippen molar-refractivity contribution in [2.45, 2.75) is 0 Å². The van der Waals surface area contributed by atoms with Crippen LogP contribution in [0.1, 0.15) is 0 Å². The first kappa shape index (κ1) is 30.9. The summed E-state index contributed by atoms with van der Waals surface area (Å²) >= 11 is 0. The van der Waals surface area contributed by atoms with Gasteiger partial charge in [-0.1, -0.05) is 0 Å². The van der Waals surface area contributed by atoms with Crippen molar-refractivity contribution >= 4 is 0 Å². The van der Waals surface area contributed by atoms with Crippen molar-refractivity contribution in [1.29, 1.82) is 0 Å². The molecule has 0 aliphatic rings. The third-order valence-electron chi connectivity index (χ3n) is 2.31. The molecule has 22 heavy (non-hydrogen) atoms. The summed E-state index contributed by atoms with van der Waals surface area (Å²) in [6.07, 6.45) is 0. The molecule has 0 aromatic heterocycles. The van der Waals surface area contributed by atoms with Crippen LogP contribution in [-0.2, 0) is 0 Å². The van der Waals surface area contributed by atoms with Crippen molar-refractivity contribution in [1.82, 2.24) is 14.7 Å². The maximum atomic E-state index is 3.93. The average molecular weight is 448 g/mol. The van der Waals surface area contributed by atoms with E-state index in [0.717, 1.165) is 39.3 Å². The molecule has 0 atom stereocenters. The Hall–Kier alpha value is 1.11. The molecule has 0 aliphatic carbocycles. The van der Waals surface area contributed by atoms with Crippen molar-refractivity contribution in [2.24, 2.45) is 0 Å². The Morgan fingerprint density at radius 2 is 0.682 bits per heavy atom. The largest absolute Gasteiger partial charge is 3.00 e. The predicted molar refractivity (Wildman–Crippen MR) is 98.1 cm³/mol. The molecule has 0 saturated heterocycles. The molecule has 6 nitrogen and oxygen atoms in total. The van der Waals surface area contributed by atoms with Crippen molar-refractivity contribution in [2.75, 3.05) is 103 Å². The molecular formula is C15H39N6Nd. The van der Waals surface area contributed by atoms with E-state index in [0.29, 0.717) is 0 Å². The summed E-state index contributed by atoms with van der Waals surface area (Å²) in [5.41, 5.74) is 0. The standard InChI is InChI=1S/3C5H13N2.Nd/c3*1-6-4-5-7(2)3;/h3*4-5H2,1-3H3;/q3*-1;+3. The number of hydrogen-bond donors (Lipinski definition) is 0. The van der Waals surface area contributed by atoms with Gasteiger partial charge in [0.15, 0.2) is 0 Å². The minimum absolute atomic E-state index is 0. The molecule has 1 radical (unpaired) electrons. The van der Waals surface area contributed by atoms with Gasteiger partial charge in [-0.25, -0.2) is 0 Å². The zero-order valence-electron chi connectivity index (χ0n) is 16.4. The third kappa shape index (κ3) is 49.7. The Balaban J connectivity index is -0.000000108. The topological polar surface area (TPSA) is 52.0 Å². The monoisotopic (exact) mass is 445 g/mol. The van der Waals surface area contributed by atoms with E-state index in [1.807, 2.05) is 63.4 Å². The van der Waals surface area contributed by atoms with E-state index in [1.54, 1.807) is 0 Å². The van der Waals surface area contributed by atoms with E-state index < -0.39 is 0 Å². The first-order valence-electron chi connectivity index (χ1n) is 7.42. The Morgan fingerprint density at radius 1 is 0.500 bits per heavy atom. The van der Waals surface area contributed by atoms with Crippen LogP contribution in [0.15, 0.2) is 0 Å². The fraction of sp³-hybridized carbons (Fsp3) is 1.00. The molecule has 133 valence electrons. The average Bonchev–Trinajstić information content (AvgIpc) is 2.41. The second kappa shape index (κ2) is 27.0. The molecule has 0 N–H and O–H groups in total. The molecule has 0 aromatic rings. The summed E-state index contributed by atoms with van der Waals surface area (Å²) in [5.74, 6) is 0. The molecule has 0 fully saturated rings. The molecule has 0 aromatic carbocycles. The molecule has 0 rings (SSSR count). The van der Waals surface area contributed by atoms with Gasteiger partial charge in [-0.2, -0.15) is 21.1 Å². The van der Waals surface area contributed by atoms with Crippen molar-refractivity contribution < 1.29 is 40.8 Å². The van der Waals surface area contributed by atoms with Gasteiger partial charge in [-0.15, -0.1) is 19.6 Å². The van der Waals surface area contributed by atoms with Gasteiger partial charge in [0.1, 0.15) is 0 Å². The second-order valence-corrected chi connectivity index (χ2v) is 5.53. The maximum Gasteiger partial charge on any atom is 3.00 e. The first-order valence-corrected chi connectivity index (χ1v) is 7.42. The minimum Gasteiger partial charge on any atom is -0.664 e. The van der Waals surface area contributed by atoms with Crippen LogP contribution in [0.4, 0.5) is 0 Å². The van der Waals surface area contributed by atoms with Crippen LogP contribution in [0.2, 0.25) is 0 Å². The summed E-state index contributed by atoms with van der Waals surface area (Å²) in [7, 11) is 17.8. The molecule has 0 saturated carbocycles. The van der Waals surface area contributed by atoms with E-state index >= 15 is 0 Å². The van der Waals surface area contributed by atoms with Gasteiger partial charge in [0.25, 0.3) is 0 Å². The molecule has 0 unspecified atom stereocenters. The van der Waals surface area contributed by atoms with E-state index in [2.05, 4.69) is 30.7 Å². The van der Waals surface area contributed by atoms with E-state index in [4.69, 9.17) is 0 Å². The molecule has 0 amide bonds. The molecule has 0 bridgehead atoms. The summed E-state index contributed by atoms with van der Waals surface area (Å²) in [4.78, 5) is 6.35. The van der Waals surface area contributed by atoms with Crippen LogP contribution in [0.25, 0.3) is 16.0 Å². The van der Waals surface area contributed by atoms with Gasteiger partial charge in [0, 0.05) is 0 Å². The predicted octanol–water partition coefficient (Wildman–Crippen LogP) is 1.65. The van der Waals surface area contributed by atoms with Gasteiger partial charge < -0.3 is 30.7 Å².